The topological polar surface area (TPSA) is 20.3 Å². The molecule has 0 unspecified atom stereocenters. The van der Waals surface area contributed by atoms with E-state index in [9.17, 15) is 4.79 Å². The van der Waals surface area contributed by atoms with Crippen LogP contribution in [-0.4, -0.2) is 18.9 Å². The smallest absolute Gasteiger partial charge is 0.137 e. The van der Waals surface area contributed by atoms with Gasteiger partial charge in [0.15, 0.2) is 0 Å². The highest BCUT2D eigenvalue weighted by atomic mass is 16.1. The molecular weight excluding hydrogens is 246 g/mol. The molecule has 0 aliphatic carbocycles. The lowest BCUT2D eigenvalue weighted by Gasteiger charge is -2.32. The van der Waals surface area contributed by atoms with E-state index in [1.807, 2.05) is 13.8 Å². The van der Waals surface area contributed by atoms with E-state index in [0.29, 0.717) is 0 Å². The highest BCUT2D eigenvalue weighted by Gasteiger charge is 2.26. The van der Waals surface area contributed by atoms with E-state index in [-0.39, 0.29) is 11.2 Å². The zero-order valence-electron chi connectivity index (χ0n) is 12.8. The Balaban J connectivity index is 2.42. The fraction of sp³-hybridized carbons (Fsp3) is 0.389. The van der Waals surface area contributed by atoms with Crippen molar-refractivity contribution in [1.82, 2.24) is 0 Å². The number of ketones is 1. The Morgan fingerprint density at radius 1 is 1.10 bits per heavy atom. The van der Waals surface area contributed by atoms with Crippen LogP contribution in [0.5, 0.6) is 0 Å². The number of Topliss-reactive ketones (excluding diaryl/α,β-unsaturated/α-hetero) is 1. The molecule has 2 aromatic carbocycles. The predicted molar refractivity (Wildman–Crippen MR) is 86.3 cm³/mol. The van der Waals surface area contributed by atoms with E-state index in [2.05, 4.69) is 54.3 Å². The van der Waals surface area contributed by atoms with Gasteiger partial charge in [0.2, 0.25) is 0 Å². The van der Waals surface area contributed by atoms with Crippen molar-refractivity contribution in [2.45, 2.75) is 27.7 Å². The normalized spacial score (nSPS) is 11.6. The molecule has 2 rings (SSSR count). The van der Waals surface area contributed by atoms with Crippen LogP contribution in [0, 0.1) is 5.41 Å². The first kappa shape index (κ1) is 14.6. The third-order valence-electron chi connectivity index (χ3n) is 4.03. The van der Waals surface area contributed by atoms with Gasteiger partial charge >= 0.3 is 0 Å². The zero-order valence-corrected chi connectivity index (χ0v) is 12.8. The Bertz CT molecular complexity index is 610. The lowest BCUT2D eigenvalue weighted by atomic mass is 9.88. The van der Waals surface area contributed by atoms with Crippen LogP contribution in [0.3, 0.4) is 0 Å². The first-order valence-electron chi connectivity index (χ1n) is 7.19. The lowest BCUT2D eigenvalue weighted by molar-refractivity contribution is -0.124. The van der Waals surface area contributed by atoms with Gasteiger partial charge in [0.1, 0.15) is 5.78 Å². The van der Waals surface area contributed by atoms with Gasteiger partial charge in [0.25, 0.3) is 0 Å². The van der Waals surface area contributed by atoms with Crippen molar-refractivity contribution in [3.8, 4) is 0 Å². The minimum atomic E-state index is -0.326. The molecule has 0 radical (unpaired) electrons. The molecule has 0 N–H and O–H groups in total. The fourth-order valence-electron chi connectivity index (χ4n) is 2.44. The Kier molecular flexibility index (Phi) is 4.12. The van der Waals surface area contributed by atoms with Gasteiger partial charge in [-0.05, 0) is 25.3 Å². The number of fused-ring (bicyclic) bond motifs is 1. The molecule has 0 atom stereocenters. The summed E-state index contributed by atoms with van der Waals surface area (Å²) in [7, 11) is 0. The molecule has 0 spiro atoms. The highest BCUT2D eigenvalue weighted by Crippen LogP contribution is 2.29. The number of anilines is 1. The summed E-state index contributed by atoms with van der Waals surface area (Å²) in [5.74, 6) is 0.233. The Hall–Kier alpha value is -1.83. The predicted octanol–water partition coefficient (Wildman–Crippen LogP) is 4.28. The minimum absolute atomic E-state index is 0.233. The van der Waals surface area contributed by atoms with E-state index in [4.69, 9.17) is 0 Å². The van der Waals surface area contributed by atoms with E-state index in [0.717, 1.165) is 13.1 Å². The maximum atomic E-state index is 11.8. The van der Waals surface area contributed by atoms with Crippen LogP contribution in [0.2, 0.25) is 0 Å². The molecule has 0 saturated heterocycles. The number of nitrogens with zero attached hydrogens (tertiary/aromatic N) is 1. The third-order valence-corrected chi connectivity index (χ3v) is 4.03. The van der Waals surface area contributed by atoms with E-state index < -0.39 is 0 Å². The van der Waals surface area contributed by atoms with Crippen LogP contribution in [0.15, 0.2) is 42.5 Å². The van der Waals surface area contributed by atoms with Crippen molar-refractivity contribution < 1.29 is 4.79 Å². The summed E-state index contributed by atoms with van der Waals surface area (Å²) in [4.78, 5) is 14.1. The average molecular weight is 269 g/mol. The molecule has 0 bridgehead atoms. The second-order valence-corrected chi connectivity index (χ2v) is 5.95. The molecule has 0 saturated carbocycles. The van der Waals surface area contributed by atoms with Crippen LogP contribution < -0.4 is 4.90 Å². The van der Waals surface area contributed by atoms with Crippen molar-refractivity contribution in [3.05, 3.63) is 42.5 Å². The molecule has 2 nitrogen and oxygen atoms in total. The summed E-state index contributed by atoms with van der Waals surface area (Å²) in [6.45, 7) is 9.48. The van der Waals surface area contributed by atoms with Crippen molar-refractivity contribution >= 4 is 22.2 Å². The molecule has 0 amide bonds. The quantitative estimate of drug-likeness (QED) is 0.807. The van der Waals surface area contributed by atoms with Crippen LogP contribution in [-0.2, 0) is 4.79 Å². The first-order chi connectivity index (χ1) is 9.45. The number of rotatable bonds is 5. The lowest BCUT2D eigenvalue weighted by Crippen LogP contribution is -2.38. The van der Waals surface area contributed by atoms with Gasteiger partial charge in [0, 0.05) is 29.6 Å². The van der Waals surface area contributed by atoms with Gasteiger partial charge in [-0.1, -0.05) is 50.2 Å². The second kappa shape index (κ2) is 5.66. The average Bonchev–Trinajstić information content (AvgIpc) is 2.44. The number of benzene rings is 2. The van der Waals surface area contributed by atoms with Crippen LogP contribution in [0.4, 0.5) is 5.69 Å². The summed E-state index contributed by atoms with van der Waals surface area (Å²) >= 11 is 0. The monoisotopic (exact) mass is 269 g/mol. The van der Waals surface area contributed by atoms with Gasteiger partial charge < -0.3 is 4.90 Å². The number of carbonyl (C=O) groups excluding carboxylic acids is 1. The molecule has 20 heavy (non-hydrogen) atoms. The Labute approximate surface area is 121 Å². The zero-order chi connectivity index (χ0) is 14.8. The summed E-state index contributed by atoms with van der Waals surface area (Å²) < 4.78 is 0. The van der Waals surface area contributed by atoms with Gasteiger partial charge in [-0.25, -0.2) is 0 Å². The molecule has 2 aromatic rings. The molecule has 2 heteroatoms. The van der Waals surface area contributed by atoms with Gasteiger partial charge in [-0.15, -0.1) is 0 Å². The molecular formula is C18H23NO. The largest absolute Gasteiger partial charge is 0.370 e. The van der Waals surface area contributed by atoms with E-state index in [1.54, 1.807) is 6.92 Å². The van der Waals surface area contributed by atoms with Gasteiger partial charge in [-0.2, -0.15) is 0 Å². The van der Waals surface area contributed by atoms with E-state index in [1.165, 1.54) is 16.5 Å². The van der Waals surface area contributed by atoms with Crippen molar-refractivity contribution in [2.24, 2.45) is 5.41 Å². The van der Waals surface area contributed by atoms with Crippen molar-refractivity contribution in [2.75, 3.05) is 18.0 Å². The summed E-state index contributed by atoms with van der Waals surface area (Å²) in [5, 5.41) is 2.49. The molecule has 0 aliphatic rings. The Morgan fingerprint density at radius 3 is 2.40 bits per heavy atom. The summed E-state index contributed by atoms with van der Waals surface area (Å²) in [6.07, 6.45) is 0. The molecule has 106 valence electrons. The summed E-state index contributed by atoms with van der Waals surface area (Å²) in [6, 6.07) is 14.8. The SMILES string of the molecule is CCN(CC(C)(C)C(C)=O)c1cccc2ccccc12. The molecule has 0 heterocycles. The third kappa shape index (κ3) is 2.84. The Morgan fingerprint density at radius 2 is 1.75 bits per heavy atom. The second-order valence-electron chi connectivity index (χ2n) is 5.95. The highest BCUT2D eigenvalue weighted by molar-refractivity contribution is 5.94. The van der Waals surface area contributed by atoms with Crippen LogP contribution in [0.25, 0.3) is 10.8 Å². The minimum Gasteiger partial charge on any atom is -0.370 e. The fourth-order valence-corrected chi connectivity index (χ4v) is 2.44. The first-order valence-corrected chi connectivity index (χ1v) is 7.19. The van der Waals surface area contributed by atoms with Crippen molar-refractivity contribution in [3.63, 3.8) is 0 Å². The van der Waals surface area contributed by atoms with Gasteiger partial charge in [-0.3, -0.25) is 4.79 Å². The van der Waals surface area contributed by atoms with Gasteiger partial charge in [0.05, 0.1) is 0 Å². The molecule has 0 aliphatic heterocycles. The summed E-state index contributed by atoms with van der Waals surface area (Å²) in [5.41, 5.74) is 0.882. The maximum absolute atomic E-state index is 11.8. The van der Waals surface area contributed by atoms with Crippen LogP contribution >= 0.6 is 0 Å². The number of hydrogen-bond donors (Lipinski definition) is 0. The number of carbonyl (C=O) groups is 1. The molecule has 0 aromatic heterocycles. The maximum Gasteiger partial charge on any atom is 0.137 e. The molecule has 0 fully saturated rings. The number of hydrogen-bond acceptors (Lipinski definition) is 2. The standard InChI is InChI=1S/C18H23NO/c1-5-19(13-18(3,4)14(2)20)17-12-8-10-15-9-6-7-11-16(15)17/h6-12H,5,13H2,1-4H3. The van der Waals surface area contributed by atoms with Crippen molar-refractivity contribution in [1.29, 1.82) is 0 Å². The van der Waals surface area contributed by atoms with Crippen LogP contribution in [0.1, 0.15) is 27.7 Å². The van der Waals surface area contributed by atoms with E-state index >= 15 is 0 Å².